The van der Waals surface area contributed by atoms with Gasteiger partial charge < -0.3 is 15.7 Å². The van der Waals surface area contributed by atoms with E-state index in [2.05, 4.69) is 14.9 Å². The summed E-state index contributed by atoms with van der Waals surface area (Å²) in [5.41, 5.74) is 6.23. The first-order chi connectivity index (χ1) is 7.72. The summed E-state index contributed by atoms with van der Waals surface area (Å²) < 4.78 is 0. The summed E-state index contributed by atoms with van der Waals surface area (Å²) in [7, 11) is 0. The number of aliphatic hydroxyl groups excluding tert-OH is 1. The van der Waals surface area contributed by atoms with E-state index in [1.807, 2.05) is 6.92 Å². The topological polar surface area (TPSA) is 75.3 Å². The van der Waals surface area contributed by atoms with Gasteiger partial charge in [-0.15, -0.1) is 0 Å². The molecule has 1 aliphatic rings. The second-order valence-electron chi connectivity index (χ2n) is 4.14. The molecule has 0 spiro atoms. The molecule has 0 aromatic carbocycles. The summed E-state index contributed by atoms with van der Waals surface area (Å²) in [5, 5.41) is 9.83. The van der Waals surface area contributed by atoms with Crippen molar-refractivity contribution < 1.29 is 5.11 Å². The molecule has 1 aliphatic heterocycles. The number of aryl methyl sites for hydroxylation is 1. The molecule has 2 heterocycles. The fraction of sp³-hybridized carbons (Fsp3) is 0.636. The first-order valence-electron chi connectivity index (χ1n) is 5.69. The van der Waals surface area contributed by atoms with E-state index in [0.29, 0.717) is 0 Å². The summed E-state index contributed by atoms with van der Waals surface area (Å²) in [6.07, 6.45) is 3.38. The third-order valence-corrected chi connectivity index (χ3v) is 2.90. The Morgan fingerprint density at radius 3 is 2.81 bits per heavy atom. The van der Waals surface area contributed by atoms with Gasteiger partial charge in [-0.05, 0) is 19.8 Å². The summed E-state index contributed by atoms with van der Waals surface area (Å²) in [6, 6.07) is 0. The van der Waals surface area contributed by atoms with Gasteiger partial charge in [0.05, 0.1) is 6.10 Å². The summed E-state index contributed by atoms with van der Waals surface area (Å²) in [4.78, 5) is 10.7. The quantitative estimate of drug-likeness (QED) is 0.773. The lowest BCUT2D eigenvalue weighted by Gasteiger charge is -2.21. The molecule has 88 valence electrons. The molecule has 2 rings (SSSR count). The van der Waals surface area contributed by atoms with Gasteiger partial charge in [-0.25, -0.2) is 9.97 Å². The maximum Gasteiger partial charge on any atom is 0.138 e. The standard InChI is InChI=1S/C11H18N4O/c1-8-13-7-9(10(16)6-12)11(14-8)15-4-2-3-5-15/h7,10,16H,2-6,12H2,1H3. The molecule has 1 aromatic heterocycles. The SMILES string of the molecule is Cc1ncc(C(O)CN)c(N2CCCC2)n1. The Balaban J connectivity index is 2.35. The molecule has 5 heteroatoms. The molecule has 0 aliphatic carbocycles. The highest BCUT2D eigenvalue weighted by Gasteiger charge is 2.21. The minimum absolute atomic E-state index is 0.202. The fourth-order valence-corrected chi connectivity index (χ4v) is 2.01. The van der Waals surface area contributed by atoms with Crippen molar-refractivity contribution in [3.8, 4) is 0 Å². The van der Waals surface area contributed by atoms with E-state index in [4.69, 9.17) is 5.73 Å². The summed E-state index contributed by atoms with van der Waals surface area (Å²) in [5.74, 6) is 1.58. The lowest BCUT2D eigenvalue weighted by molar-refractivity contribution is 0.186. The molecule has 1 saturated heterocycles. The summed E-state index contributed by atoms with van der Waals surface area (Å²) in [6.45, 7) is 4.06. The molecule has 0 saturated carbocycles. The Bertz CT molecular complexity index is 363. The number of hydrogen-bond donors (Lipinski definition) is 2. The molecule has 1 fully saturated rings. The molecule has 16 heavy (non-hydrogen) atoms. The normalized spacial score (nSPS) is 17.8. The van der Waals surface area contributed by atoms with Gasteiger partial charge in [0, 0.05) is 31.4 Å². The van der Waals surface area contributed by atoms with Crippen molar-refractivity contribution in [3.63, 3.8) is 0 Å². The van der Waals surface area contributed by atoms with Crippen LogP contribution in [0.4, 0.5) is 5.82 Å². The van der Waals surface area contributed by atoms with Crippen molar-refractivity contribution in [2.24, 2.45) is 5.73 Å². The zero-order valence-corrected chi connectivity index (χ0v) is 9.56. The van der Waals surface area contributed by atoms with Gasteiger partial charge in [-0.2, -0.15) is 0 Å². The van der Waals surface area contributed by atoms with Gasteiger partial charge in [-0.1, -0.05) is 0 Å². The highest BCUT2D eigenvalue weighted by molar-refractivity contribution is 5.48. The first-order valence-corrected chi connectivity index (χ1v) is 5.69. The maximum atomic E-state index is 9.83. The number of hydrogen-bond acceptors (Lipinski definition) is 5. The van der Waals surface area contributed by atoms with E-state index in [1.165, 1.54) is 12.8 Å². The average Bonchev–Trinajstić information content (AvgIpc) is 2.81. The Morgan fingerprint density at radius 2 is 2.19 bits per heavy atom. The van der Waals surface area contributed by atoms with E-state index in [-0.39, 0.29) is 6.54 Å². The highest BCUT2D eigenvalue weighted by Crippen LogP contribution is 2.26. The molecule has 0 amide bonds. The average molecular weight is 222 g/mol. The molecule has 1 aromatic rings. The van der Waals surface area contributed by atoms with E-state index in [1.54, 1.807) is 6.20 Å². The van der Waals surface area contributed by atoms with Crippen LogP contribution in [0.5, 0.6) is 0 Å². The number of aromatic nitrogens is 2. The van der Waals surface area contributed by atoms with Crippen molar-refractivity contribution in [2.45, 2.75) is 25.9 Å². The Kier molecular flexibility index (Phi) is 3.36. The lowest BCUT2D eigenvalue weighted by Crippen LogP contribution is -2.24. The third kappa shape index (κ3) is 2.15. The van der Waals surface area contributed by atoms with Crippen molar-refractivity contribution >= 4 is 5.82 Å². The molecular weight excluding hydrogens is 204 g/mol. The van der Waals surface area contributed by atoms with E-state index in [9.17, 15) is 5.11 Å². The number of nitrogens with two attached hydrogens (primary N) is 1. The predicted octanol–water partition coefficient (Wildman–Crippen LogP) is 0.377. The van der Waals surface area contributed by atoms with E-state index >= 15 is 0 Å². The zero-order chi connectivity index (χ0) is 11.5. The van der Waals surface area contributed by atoms with Crippen LogP contribution in [0.2, 0.25) is 0 Å². The van der Waals surface area contributed by atoms with Crippen molar-refractivity contribution in [3.05, 3.63) is 17.6 Å². The minimum Gasteiger partial charge on any atom is -0.387 e. The van der Waals surface area contributed by atoms with Crippen LogP contribution in [0.1, 0.15) is 30.3 Å². The van der Waals surface area contributed by atoms with Crippen molar-refractivity contribution in [1.29, 1.82) is 0 Å². The molecule has 1 atom stereocenters. The second-order valence-corrected chi connectivity index (χ2v) is 4.14. The van der Waals surface area contributed by atoms with E-state index < -0.39 is 6.10 Å². The van der Waals surface area contributed by atoms with Crippen LogP contribution in [0.25, 0.3) is 0 Å². The van der Waals surface area contributed by atoms with Gasteiger partial charge in [0.1, 0.15) is 11.6 Å². The van der Waals surface area contributed by atoms with Crippen molar-refractivity contribution in [1.82, 2.24) is 9.97 Å². The first kappa shape index (κ1) is 11.3. The number of anilines is 1. The van der Waals surface area contributed by atoms with Crippen molar-refractivity contribution in [2.75, 3.05) is 24.5 Å². The molecule has 5 nitrogen and oxygen atoms in total. The highest BCUT2D eigenvalue weighted by atomic mass is 16.3. The van der Waals surface area contributed by atoms with Crippen LogP contribution in [0.15, 0.2) is 6.20 Å². The van der Waals surface area contributed by atoms with E-state index in [0.717, 1.165) is 30.3 Å². The fourth-order valence-electron chi connectivity index (χ4n) is 2.01. The van der Waals surface area contributed by atoms with Crippen LogP contribution >= 0.6 is 0 Å². The van der Waals surface area contributed by atoms with Gasteiger partial charge in [0.15, 0.2) is 0 Å². The molecule has 3 N–H and O–H groups in total. The monoisotopic (exact) mass is 222 g/mol. The third-order valence-electron chi connectivity index (χ3n) is 2.90. The number of nitrogens with zero attached hydrogens (tertiary/aromatic N) is 3. The van der Waals surface area contributed by atoms with Gasteiger partial charge >= 0.3 is 0 Å². The Labute approximate surface area is 95.3 Å². The minimum atomic E-state index is -0.670. The Hall–Kier alpha value is -1.20. The van der Waals surface area contributed by atoms with Crippen LogP contribution < -0.4 is 10.6 Å². The zero-order valence-electron chi connectivity index (χ0n) is 9.56. The maximum absolute atomic E-state index is 9.83. The van der Waals surface area contributed by atoms with Gasteiger partial charge in [0.2, 0.25) is 0 Å². The van der Waals surface area contributed by atoms with Crippen LogP contribution in [-0.2, 0) is 0 Å². The number of rotatable bonds is 3. The molecule has 0 bridgehead atoms. The summed E-state index contributed by atoms with van der Waals surface area (Å²) >= 11 is 0. The van der Waals surface area contributed by atoms with Crippen LogP contribution in [-0.4, -0.2) is 34.7 Å². The van der Waals surface area contributed by atoms with Crippen LogP contribution in [0.3, 0.4) is 0 Å². The van der Waals surface area contributed by atoms with Gasteiger partial charge in [0.25, 0.3) is 0 Å². The second kappa shape index (κ2) is 4.76. The number of aliphatic hydroxyl groups is 1. The van der Waals surface area contributed by atoms with Crippen LogP contribution in [0, 0.1) is 6.92 Å². The predicted molar refractivity (Wildman–Crippen MR) is 62.2 cm³/mol. The largest absolute Gasteiger partial charge is 0.387 e. The molecule has 1 unspecified atom stereocenters. The van der Waals surface area contributed by atoms with Gasteiger partial charge in [-0.3, -0.25) is 0 Å². The smallest absolute Gasteiger partial charge is 0.138 e. The Morgan fingerprint density at radius 1 is 1.50 bits per heavy atom. The molecule has 0 radical (unpaired) electrons. The molecular formula is C11H18N4O. The lowest BCUT2D eigenvalue weighted by atomic mass is 10.1.